The van der Waals surface area contributed by atoms with E-state index in [1.165, 1.54) is 31.4 Å². The first kappa shape index (κ1) is 15.5. The molecule has 0 amide bonds. The van der Waals surface area contributed by atoms with Crippen LogP contribution in [-0.4, -0.2) is 11.7 Å². The minimum absolute atomic E-state index is 0.274. The fourth-order valence-electron chi connectivity index (χ4n) is 3.55. The van der Waals surface area contributed by atoms with E-state index in [-0.39, 0.29) is 11.2 Å². The predicted molar refractivity (Wildman–Crippen MR) is 79.8 cm³/mol. The van der Waals surface area contributed by atoms with Crippen LogP contribution in [0.5, 0.6) is 0 Å². The maximum Gasteiger partial charge on any atom is 0.123 e. The molecule has 0 bridgehead atoms. The Morgan fingerprint density at radius 1 is 1.10 bits per heavy atom. The number of rotatable bonds is 3. The molecule has 0 aromatic heterocycles. The van der Waals surface area contributed by atoms with Gasteiger partial charge in [-0.05, 0) is 37.5 Å². The first-order valence-electron chi connectivity index (χ1n) is 7.70. The molecule has 1 saturated carbocycles. The van der Waals surface area contributed by atoms with Crippen molar-refractivity contribution in [2.75, 3.05) is 6.54 Å². The van der Waals surface area contributed by atoms with Crippen LogP contribution in [0, 0.1) is 11.2 Å². The third-order valence-electron chi connectivity index (χ3n) is 5.14. The topological polar surface area (TPSA) is 46.2 Å². The Morgan fingerprint density at radius 2 is 1.60 bits per heavy atom. The van der Waals surface area contributed by atoms with E-state index in [0.29, 0.717) is 6.54 Å². The zero-order chi connectivity index (χ0) is 14.6. The fraction of sp³-hybridized carbons (Fsp3) is 0.647. The monoisotopic (exact) mass is 279 g/mol. The van der Waals surface area contributed by atoms with E-state index < -0.39 is 5.60 Å². The molecule has 1 aromatic rings. The van der Waals surface area contributed by atoms with Gasteiger partial charge in [-0.1, -0.05) is 44.2 Å². The SMILES string of the molecule is CC(O)(c1ccc(F)cc1)C1(CN)CCCCCCC1. The first-order chi connectivity index (χ1) is 9.52. The molecule has 0 heterocycles. The maximum atomic E-state index is 13.1. The molecule has 2 rings (SSSR count). The second-order valence-corrected chi connectivity index (χ2v) is 6.33. The van der Waals surface area contributed by atoms with Crippen LogP contribution in [0.3, 0.4) is 0 Å². The van der Waals surface area contributed by atoms with E-state index in [9.17, 15) is 9.50 Å². The summed E-state index contributed by atoms with van der Waals surface area (Å²) in [5.41, 5.74) is 5.54. The van der Waals surface area contributed by atoms with Crippen LogP contribution in [0.1, 0.15) is 57.4 Å². The summed E-state index contributed by atoms with van der Waals surface area (Å²) in [6.45, 7) is 2.31. The summed E-state index contributed by atoms with van der Waals surface area (Å²) in [6, 6.07) is 6.20. The molecule has 1 fully saturated rings. The summed E-state index contributed by atoms with van der Waals surface area (Å²) in [6.07, 6.45) is 7.78. The number of hydrogen-bond acceptors (Lipinski definition) is 2. The van der Waals surface area contributed by atoms with Crippen LogP contribution in [0.2, 0.25) is 0 Å². The molecular weight excluding hydrogens is 253 g/mol. The Balaban J connectivity index is 2.33. The van der Waals surface area contributed by atoms with E-state index in [2.05, 4.69) is 0 Å². The Kier molecular flexibility index (Phi) is 4.82. The van der Waals surface area contributed by atoms with Crippen molar-refractivity contribution in [2.45, 2.75) is 57.5 Å². The van der Waals surface area contributed by atoms with E-state index in [1.807, 2.05) is 6.92 Å². The van der Waals surface area contributed by atoms with Crippen molar-refractivity contribution in [3.05, 3.63) is 35.6 Å². The fourth-order valence-corrected chi connectivity index (χ4v) is 3.55. The lowest BCUT2D eigenvalue weighted by molar-refractivity contribution is -0.0864. The number of nitrogens with two attached hydrogens (primary N) is 1. The summed E-state index contributed by atoms with van der Waals surface area (Å²) in [4.78, 5) is 0. The van der Waals surface area contributed by atoms with Gasteiger partial charge in [-0.15, -0.1) is 0 Å². The second-order valence-electron chi connectivity index (χ2n) is 6.33. The zero-order valence-electron chi connectivity index (χ0n) is 12.4. The number of halogens is 1. The molecule has 1 aromatic carbocycles. The van der Waals surface area contributed by atoms with Crippen molar-refractivity contribution in [3.63, 3.8) is 0 Å². The van der Waals surface area contributed by atoms with Crippen LogP contribution in [0.4, 0.5) is 4.39 Å². The Bertz CT molecular complexity index is 419. The lowest BCUT2D eigenvalue weighted by Gasteiger charge is -2.46. The van der Waals surface area contributed by atoms with Crippen LogP contribution >= 0.6 is 0 Å². The van der Waals surface area contributed by atoms with E-state index in [4.69, 9.17) is 5.73 Å². The quantitative estimate of drug-likeness (QED) is 0.885. The van der Waals surface area contributed by atoms with Gasteiger partial charge >= 0.3 is 0 Å². The van der Waals surface area contributed by atoms with Crippen molar-refractivity contribution in [3.8, 4) is 0 Å². The lowest BCUT2D eigenvalue weighted by Crippen LogP contribution is -2.49. The molecule has 1 aliphatic rings. The van der Waals surface area contributed by atoms with Gasteiger partial charge in [0.2, 0.25) is 0 Å². The number of aliphatic hydroxyl groups is 1. The second kappa shape index (κ2) is 6.23. The van der Waals surface area contributed by atoms with Gasteiger partial charge in [0, 0.05) is 12.0 Å². The highest BCUT2D eigenvalue weighted by molar-refractivity contribution is 5.25. The summed E-state index contributed by atoms with van der Waals surface area (Å²) in [5.74, 6) is -0.274. The number of hydrogen-bond donors (Lipinski definition) is 2. The van der Waals surface area contributed by atoms with Crippen LogP contribution in [-0.2, 0) is 5.60 Å². The molecule has 112 valence electrons. The molecule has 0 aliphatic heterocycles. The van der Waals surface area contributed by atoms with E-state index in [0.717, 1.165) is 31.2 Å². The minimum Gasteiger partial charge on any atom is -0.385 e. The summed E-state index contributed by atoms with van der Waals surface area (Å²) in [5, 5.41) is 11.2. The average molecular weight is 279 g/mol. The summed E-state index contributed by atoms with van der Waals surface area (Å²) >= 11 is 0. The van der Waals surface area contributed by atoms with Crippen LogP contribution in [0.25, 0.3) is 0 Å². The molecule has 1 aliphatic carbocycles. The molecule has 20 heavy (non-hydrogen) atoms. The highest BCUT2D eigenvalue weighted by atomic mass is 19.1. The maximum absolute atomic E-state index is 13.1. The summed E-state index contributed by atoms with van der Waals surface area (Å²) < 4.78 is 13.1. The lowest BCUT2D eigenvalue weighted by atomic mass is 9.63. The standard InChI is InChI=1S/C17H26FNO/c1-16(20,14-7-9-15(18)10-8-14)17(13-19)11-5-3-2-4-6-12-17/h7-10,20H,2-6,11-13,19H2,1H3. The third kappa shape index (κ3) is 2.89. The van der Waals surface area contributed by atoms with Crippen LogP contribution in [0.15, 0.2) is 24.3 Å². The molecule has 2 nitrogen and oxygen atoms in total. The third-order valence-corrected chi connectivity index (χ3v) is 5.14. The van der Waals surface area contributed by atoms with Gasteiger partial charge in [0.15, 0.2) is 0 Å². The highest BCUT2D eigenvalue weighted by Crippen LogP contribution is 2.47. The van der Waals surface area contributed by atoms with Gasteiger partial charge in [-0.3, -0.25) is 0 Å². The van der Waals surface area contributed by atoms with Gasteiger partial charge in [-0.25, -0.2) is 4.39 Å². The van der Waals surface area contributed by atoms with Crippen molar-refractivity contribution in [1.29, 1.82) is 0 Å². The van der Waals surface area contributed by atoms with Gasteiger partial charge in [0.25, 0.3) is 0 Å². The largest absolute Gasteiger partial charge is 0.385 e. The molecule has 3 heteroatoms. The highest BCUT2D eigenvalue weighted by Gasteiger charge is 2.46. The molecule has 1 unspecified atom stereocenters. The molecular formula is C17H26FNO. The Labute approximate surface area is 121 Å². The van der Waals surface area contributed by atoms with Crippen molar-refractivity contribution < 1.29 is 9.50 Å². The first-order valence-corrected chi connectivity index (χ1v) is 7.70. The van der Waals surface area contributed by atoms with E-state index in [1.54, 1.807) is 12.1 Å². The average Bonchev–Trinajstić information content (AvgIpc) is 2.39. The van der Waals surface area contributed by atoms with Crippen molar-refractivity contribution >= 4 is 0 Å². The van der Waals surface area contributed by atoms with Gasteiger partial charge < -0.3 is 10.8 Å². The Hall–Kier alpha value is -0.930. The van der Waals surface area contributed by atoms with Gasteiger partial charge in [0.05, 0.1) is 5.60 Å². The predicted octanol–water partition coefficient (Wildman–Crippen LogP) is 3.72. The van der Waals surface area contributed by atoms with E-state index >= 15 is 0 Å². The molecule has 0 spiro atoms. The Morgan fingerprint density at radius 3 is 2.10 bits per heavy atom. The molecule has 3 N–H and O–H groups in total. The molecule has 0 radical (unpaired) electrons. The van der Waals surface area contributed by atoms with Crippen LogP contribution < -0.4 is 5.73 Å². The minimum atomic E-state index is -1.01. The molecule has 1 atom stereocenters. The number of benzene rings is 1. The van der Waals surface area contributed by atoms with Gasteiger partial charge in [0.1, 0.15) is 5.82 Å². The van der Waals surface area contributed by atoms with Crippen molar-refractivity contribution in [1.82, 2.24) is 0 Å². The zero-order valence-corrected chi connectivity index (χ0v) is 12.4. The smallest absolute Gasteiger partial charge is 0.123 e. The molecule has 0 saturated heterocycles. The summed E-state index contributed by atoms with van der Waals surface area (Å²) in [7, 11) is 0. The normalized spacial score (nSPS) is 22.6. The van der Waals surface area contributed by atoms with Gasteiger partial charge in [-0.2, -0.15) is 0 Å². The van der Waals surface area contributed by atoms with Crippen molar-refractivity contribution in [2.24, 2.45) is 11.1 Å².